The van der Waals surface area contributed by atoms with Crippen LogP contribution in [0.5, 0.6) is 0 Å². The number of nitrogens with zero attached hydrogens (tertiary/aromatic N) is 6. The lowest BCUT2D eigenvalue weighted by molar-refractivity contribution is -0.0816. The predicted octanol–water partition coefficient (Wildman–Crippen LogP) is 0.797. The number of amides is 1. The molecular formula is C20H22N6O3. The van der Waals surface area contributed by atoms with Crippen molar-refractivity contribution in [1.82, 2.24) is 29.0 Å². The summed E-state index contributed by atoms with van der Waals surface area (Å²) >= 11 is 0. The van der Waals surface area contributed by atoms with E-state index in [2.05, 4.69) is 10.2 Å². The highest BCUT2D eigenvalue weighted by atomic mass is 16.5. The standard InChI is InChI=1S/C20H22N6O3/c1-23-16(10-15(21-23)14-6-4-3-5-7-14)18(27)25-9-8-20(12-25)13-26-17(11-29-20)22-24(2)19(26)28/h3-7,10H,8-9,11-13H2,1-2H3. The van der Waals surface area contributed by atoms with Crippen molar-refractivity contribution >= 4 is 5.91 Å². The van der Waals surface area contributed by atoms with Crippen molar-refractivity contribution in [2.75, 3.05) is 13.1 Å². The van der Waals surface area contributed by atoms with E-state index >= 15 is 0 Å². The van der Waals surface area contributed by atoms with Gasteiger partial charge in [0, 0.05) is 26.2 Å². The molecule has 1 atom stereocenters. The van der Waals surface area contributed by atoms with E-state index in [1.54, 1.807) is 28.2 Å². The molecule has 1 unspecified atom stereocenters. The summed E-state index contributed by atoms with van der Waals surface area (Å²) in [5, 5.41) is 8.70. The first-order valence-electron chi connectivity index (χ1n) is 9.61. The maximum absolute atomic E-state index is 13.2. The van der Waals surface area contributed by atoms with E-state index in [-0.39, 0.29) is 18.2 Å². The average molecular weight is 394 g/mol. The Morgan fingerprint density at radius 1 is 1.10 bits per heavy atom. The third-order valence-electron chi connectivity index (χ3n) is 5.81. The van der Waals surface area contributed by atoms with Crippen LogP contribution in [0.15, 0.2) is 41.2 Å². The van der Waals surface area contributed by atoms with Gasteiger partial charge in [-0.15, -0.1) is 0 Å². The zero-order chi connectivity index (χ0) is 20.2. The third-order valence-corrected chi connectivity index (χ3v) is 5.81. The number of aryl methyl sites for hydroxylation is 2. The molecule has 3 aromatic rings. The van der Waals surface area contributed by atoms with E-state index in [4.69, 9.17) is 4.74 Å². The van der Waals surface area contributed by atoms with E-state index in [1.165, 1.54) is 4.68 Å². The molecule has 1 amide bonds. The van der Waals surface area contributed by atoms with Crippen LogP contribution in [0.4, 0.5) is 0 Å². The molecule has 1 fully saturated rings. The Balaban J connectivity index is 1.37. The van der Waals surface area contributed by atoms with Gasteiger partial charge in [-0.05, 0) is 12.5 Å². The van der Waals surface area contributed by atoms with Crippen LogP contribution in [-0.2, 0) is 32.0 Å². The molecule has 5 rings (SSSR count). The van der Waals surface area contributed by atoms with Gasteiger partial charge in [0.1, 0.15) is 17.9 Å². The maximum atomic E-state index is 13.2. The maximum Gasteiger partial charge on any atom is 0.345 e. The number of aromatic nitrogens is 5. The smallest absolute Gasteiger partial charge is 0.345 e. The summed E-state index contributed by atoms with van der Waals surface area (Å²) in [6, 6.07) is 11.6. The monoisotopic (exact) mass is 394 g/mol. The number of rotatable bonds is 2. The fourth-order valence-corrected chi connectivity index (χ4v) is 4.22. The predicted molar refractivity (Wildman–Crippen MR) is 104 cm³/mol. The van der Waals surface area contributed by atoms with Crippen LogP contribution in [-0.4, -0.2) is 53.6 Å². The van der Waals surface area contributed by atoms with E-state index in [9.17, 15) is 9.59 Å². The minimum Gasteiger partial charge on any atom is -0.363 e. The van der Waals surface area contributed by atoms with Crippen LogP contribution in [0.2, 0.25) is 0 Å². The Labute approximate surface area is 167 Å². The first kappa shape index (κ1) is 17.9. The summed E-state index contributed by atoms with van der Waals surface area (Å²) < 4.78 is 10.7. The molecule has 0 radical (unpaired) electrons. The second-order valence-corrected chi connectivity index (χ2v) is 7.76. The van der Waals surface area contributed by atoms with Crippen molar-refractivity contribution in [1.29, 1.82) is 0 Å². The molecule has 0 saturated carbocycles. The summed E-state index contributed by atoms with van der Waals surface area (Å²) in [7, 11) is 3.42. The van der Waals surface area contributed by atoms with Crippen molar-refractivity contribution < 1.29 is 9.53 Å². The molecular weight excluding hydrogens is 372 g/mol. The number of ether oxygens (including phenoxy) is 1. The topological polar surface area (TPSA) is 87.2 Å². The van der Waals surface area contributed by atoms with Crippen molar-refractivity contribution in [3.63, 3.8) is 0 Å². The second kappa shape index (κ2) is 6.41. The number of benzene rings is 1. The Morgan fingerprint density at radius 2 is 1.90 bits per heavy atom. The fourth-order valence-electron chi connectivity index (χ4n) is 4.22. The van der Waals surface area contributed by atoms with Crippen molar-refractivity contribution in [2.24, 2.45) is 14.1 Å². The van der Waals surface area contributed by atoms with Crippen LogP contribution in [0.25, 0.3) is 11.3 Å². The Bertz CT molecular complexity index is 1140. The van der Waals surface area contributed by atoms with Gasteiger partial charge in [0.25, 0.3) is 5.91 Å². The fraction of sp³-hybridized carbons (Fsp3) is 0.400. The summed E-state index contributed by atoms with van der Waals surface area (Å²) in [5.74, 6) is 0.555. The minimum absolute atomic E-state index is 0.0769. The largest absolute Gasteiger partial charge is 0.363 e. The molecule has 0 bridgehead atoms. The van der Waals surface area contributed by atoms with Crippen LogP contribution in [0.1, 0.15) is 22.7 Å². The number of hydrogen-bond donors (Lipinski definition) is 0. The van der Waals surface area contributed by atoms with Gasteiger partial charge in [-0.25, -0.2) is 9.48 Å². The van der Waals surface area contributed by atoms with Gasteiger partial charge in [-0.1, -0.05) is 30.3 Å². The lowest BCUT2D eigenvalue weighted by atomic mass is 10.0. The van der Waals surface area contributed by atoms with Gasteiger partial charge in [0.05, 0.1) is 18.8 Å². The normalized spacial score (nSPS) is 21.0. The number of hydrogen-bond acceptors (Lipinski definition) is 5. The summed E-state index contributed by atoms with van der Waals surface area (Å²) in [4.78, 5) is 27.3. The highest BCUT2D eigenvalue weighted by Gasteiger charge is 2.45. The first-order chi connectivity index (χ1) is 14.0. The van der Waals surface area contributed by atoms with Gasteiger partial charge in [0.15, 0.2) is 5.82 Å². The van der Waals surface area contributed by atoms with Crippen molar-refractivity contribution in [3.8, 4) is 11.3 Å². The molecule has 2 aromatic heterocycles. The van der Waals surface area contributed by atoms with E-state index < -0.39 is 5.60 Å². The van der Waals surface area contributed by atoms with E-state index in [0.717, 1.165) is 11.3 Å². The lowest BCUT2D eigenvalue weighted by Crippen LogP contribution is -2.47. The zero-order valence-corrected chi connectivity index (χ0v) is 16.4. The average Bonchev–Trinajstić information content (AvgIpc) is 3.40. The molecule has 2 aliphatic rings. The van der Waals surface area contributed by atoms with Crippen molar-refractivity contribution in [2.45, 2.75) is 25.2 Å². The van der Waals surface area contributed by atoms with Crippen LogP contribution in [0, 0.1) is 0 Å². The second-order valence-electron chi connectivity index (χ2n) is 7.76. The number of carbonyl (C=O) groups is 1. The lowest BCUT2D eigenvalue weighted by Gasteiger charge is -2.33. The van der Waals surface area contributed by atoms with Gasteiger partial charge < -0.3 is 9.64 Å². The highest BCUT2D eigenvalue weighted by molar-refractivity contribution is 5.94. The van der Waals surface area contributed by atoms with Gasteiger partial charge in [-0.2, -0.15) is 10.2 Å². The molecule has 1 saturated heterocycles. The molecule has 29 heavy (non-hydrogen) atoms. The molecule has 4 heterocycles. The van der Waals surface area contributed by atoms with E-state index in [1.807, 2.05) is 36.4 Å². The third kappa shape index (κ3) is 2.89. The van der Waals surface area contributed by atoms with Crippen LogP contribution in [0.3, 0.4) is 0 Å². The van der Waals surface area contributed by atoms with E-state index in [0.29, 0.717) is 37.6 Å². The van der Waals surface area contributed by atoms with Crippen molar-refractivity contribution in [3.05, 3.63) is 58.4 Å². The number of carbonyl (C=O) groups excluding carboxylic acids is 1. The van der Waals surface area contributed by atoms with Crippen LogP contribution < -0.4 is 5.69 Å². The molecule has 0 aliphatic carbocycles. The minimum atomic E-state index is -0.545. The van der Waals surface area contributed by atoms with Gasteiger partial charge >= 0.3 is 5.69 Å². The Morgan fingerprint density at radius 3 is 2.69 bits per heavy atom. The highest BCUT2D eigenvalue weighted by Crippen LogP contribution is 2.32. The van der Waals surface area contributed by atoms with Gasteiger partial charge in [0.2, 0.25) is 0 Å². The van der Waals surface area contributed by atoms with Crippen LogP contribution >= 0.6 is 0 Å². The molecule has 1 aromatic carbocycles. The molecule has 9 heteroatoms. The summed E-state index contributed by atoms with van der Waals surface area (Å²) in [6.45, 7) is 1.72. The quantitative estimate of drug-likeness (QED) is 0.642. The number of fused-ring (bicyclic) bond motifs is 1. The summed E-state index contributed by atoms with van der Waals surface area (Å²) in [5.41, 5.74) is 1.59. The first-order valence-corrected chi connectivity index (χ1v) is 9.61. The summed E-state index contributed by atoms with van der Waals surface area (Å²) in [6.07, 6.45) is 0.683. The molecule has 9 nitrogen and oxygen atoms in total. The SMILES string of the molecule is Cn1nc(-c2ccccc2)cc1C(=O)N1CCC2(C1)Cn1c(nn(C)c1=O)CO2. The Kier molecular flexibility index (Phi) is 3.95. The molecule has 1 spiro atoms. The molecule has 0 N–H and O–H groups in total. The number of likely N-dealkylation sites (tertiary alicyclic amines) is 1. The Hall–Kier alpha value is -3.20. The van der Waals surface area contributed by atoms with Gasteiger partial charge in [-0.3, -0.25) is 14.0 Å². The molecule has 150 valence electrons. The zero-order valence-electron chi connectivity index (χ0n) is 16.4. The molecule has 2 aliphatic heterocycles.